The molecule has 1 heterocycles. The molecule has 0 N–H and O–H groups in total. The number of piperidine rings is 1. The molecule has 1 rings (SSSR count). The number of hydrogen-bond acceptors (Lipinski definition) is 5. The molecule has 1 unspecified atom stereocenters. The maximum atomic E-state index is 12.2. The first-order chi connectivity index (χ1) is 8.56. The van der Waals surface area contributed by atoms with Crippen LogP contribution in [0.2, 0.25) is 0 Å². The Bertz CT molecular complexity index is 335. The van der Waals surface area contributed by atoms with E-state index in [9.17, 15) is 14.4 Å². The summed E-state index contributed by atoms with van der Waals surface area (Å²) in [5, 5.41) is 3.37. The second-order valence-corrected chi connectivity index (χ2v) is 4.18. The summed E-state index contributed by atoms with van der Waals surface area (Å²) in [6, 6.07) is 0. The lowest BCUT2D eigenvalue weighted by molar-refractivity contribution is -0.170. The monoisotopic (exact) mass is 256 g/mol. The Morgan fingerprint density at radius 1 is 1.44 bits per heavy atom. The molecule has 1 amide bonds. The zero-order valence-electron chi connectivity index (χ0n) is 11.1. The fourth-order valence-electron chi connectivity index (χ4n) is 2.10. The smallest absolute Gasteiger partial charge is 0.325 e. The highest BCUT2D eigenvalue weighted by Gasteiger charge is 2.42. The molecule has 6 nitrogen and oxygen atoms in total. The van der Waals surface area contributed by atoms with E-state index in [1.165, 1.54) is 12.1 Å². The Balaban J connectivity index is 2.87. The highest BCUT2D eigenvalue weighted by Crippen LogP contribution is 2.18. The molecule has 1 aliphatic rings. The van der Waals surface area contributed by atoms with Crippen molar-refractivity contribution in [2.45, 2.75) is 26.7 Å². The van der Waals surface area contributed by atoms with E-state index in [1.807, 2.05) is 18.9 Å². The van der Waals surface area contributed by atoms with E-state index in [2.05, 4.69) is 4.74 Å². The fourth-order valence-corrected chi connectivity index (χ4v) is 2.10. The standard InChI is InChI=1S/C12H20N2O4/c1-4-7-13(5-2)14-8-6-9(15)10(11(14)16)12(17)18-3/h10H,4-8H2,1-3H3. The van der Waals surface area contributed by atoms with E-state index in [4.69, 9.17) is 0 Å². The van der Waals surface area contributed by atoms with Gasteiger partial charge in [-0.25, -0.2) is 5.01 Å². The summed E-state index contributed by atoms with van der Waals surface area (Å²) < 4.78 is 4.53. The van der Waals surface area contributed by atoms with Crippen molar-refractivity contribution < 1.29 is 19.1 Å². The van der Waals surface area contributed by atoms with Gasteiger partial charge in [-0.1, -0.05) is 13.8 Å². The average molecular weight is 256 g/mol. The van der Waals surface area contributed by atoms with E-state index in [1.54, 1.807) is 0 Å². The van der Waals surface area contributed by atoms with E-state index < -0.39 is 17.8 Å². The van der Waals surface area contributed by atoms with Gasteiger partial charge in [-0.15, -0.1) is 0 Å². The first kappa shape index (κ1) is 14.6. The van der Waals surface area contributed by atoms with Gasteiger partial charge in [0, 0.05) is 26.1 Å². The number of amides is 1. The summed E-state index contributed by atoms with van der Waals surface area (Å²) in [6.07, 6.45) is 1.10. The molecule has 1 atom stereocenters. The number of carbonyl (C=O) groups is 3. The minimum atomic E-state index is -1.28. The number of esters is 1. The number of rotatable bonds is 5. The number of ether oxygens (including phenoxy) is 1. The maximum Gasteiger partial charge on any atom is 0.325 e. The van der Waals surface area contributed by atoms with Gasteiger partial charge in [0.15, 0.2) is 11.7 Å². The molecule has 1 saturated heterocycles. The molecule has 0 bridgehead atoms. The van der Waals surface area contributed by atoms with E-state index in [0.29, 0.717) is 13.1 Å². The van der Waals surface area contributed by atoms with Crippen molar-refractivity contribution in [2.24, 2.45) is 5.92 Å². The van der Waals surface area contributed by atoms with Gasteiger partial charge in [-0.2, -0.15) is 0 Å². The molecule has 0 saturated carbocycles. The van der Waals surface area contributed by atoms with Crippen molar-refractivity contribution in [3.8, 4) is 0 Å². The summed E-state index contributed by atoms with van der Waals surface area (Å²) in [7, 11) is 1.19. The SMILES string of the molecule is CCCN(CC)N1CCC(=O)C(C(=O)OC)C1=O. The van der Waals surface area contributed by atoms with Crippen LogP contribution in [0, 0.1) is 5.92 Å². The molecule has 0 aromatic carbocycles. The van der Waals surface area contributed by atoms with Gasteiger partial charge in [0.05, 0.1) is 7.11 Å². The van der Waals surface area contributed by atoms with Crippen molar-refractivity contribution in [1.82, 2.24) is 10.0 Å². The van der Waals surface area contributed by atoms with Crippen molar-refractivity contribution in [3.05, 3.63) is 0 Å². The molecular weight excluding hydrogens is 236 g/mol. The van der Waals surface area contributed by atoms with Crippen LogP contribution in [0.15, 0.2) is 0 Å². The molecule has 0 aromatic rings. The highest BCUT2D eigenvalue weighted by molar-refractivity contribution is 6.17. The number of Topliss-reactive ketones (excluding diaryl/α,β-unsaturated/α-hetero) is 1. The van der Waals surface area contributed by atoms with Crippen molar-refractivity contribution in [2.75, 3.05) is 26.7 Å². The molecular formula is C12H20N2O4. The third-order valence-corrected chi connectivity index (χ3v) is 3.02. The van der Waals surface area contributed by atoms with Crippen molar-refractivity contribution >= 4 is 17.7 Å². The predicted molar refractivity (Wildman–Crippen MR) is 64.4 cm³/mol. The quantitative estimate of drug-likeness (QED) is 0.520. The topological polar surface area (TPSA) is 66.9 Å². The number of hydrogen-bond donors (Lipinski definition) is 0. The summed E-state index contributed by atoms with van der Waals surface area (Å²) in [5.74, 6) is -2.86. The first-order valence-corrected chi connectivity index (χ1v) is 6.23. The number of carbonyl (C=O) groups excluding carboxylic acids is 3. The van der Waals surface area contributed by atoms with E-state index in [-0.39, 0.29) is 12.2 Å². The Hall–Kier alpha value is -1.43. The van der Waals surface area contributed by atoms with Gasteiger partial charge in [0.2, 0.25) is 0 Å². The van der Waals surface area contributed by atoms with E-state index >= 15 is 0 Å². The summed E-state index contributed by atoms with van der Waals surface area (Å²) in [5.41, 5.74) is 0. The van der Waals surface area contributed by atoms with Gasteiger partial charge >= 0.3 is 5.97 Å². The molecule has 0 aliphatic carbocycles. The van der Waals surface area contributed by atoms with Gasteiger partial charge in [-0.05, 0) is 6.42 Å². The Labute approximate surface area is 107 Å². The molecule has 1 aliphatic heterocycles. The second kappa shape index (κ2) is 6.49. The summed E-state index contributed by atoms with van der Waals surface area (Å²) >= 11 is 0. The summed E-state index contributed by atoms with van der Waals surface area (Å²) in [4.78, 5) is 35.3. The normalized spacial score (nSPS) is 20.4. The largest absolute Gasteiger partial charge is 0.468 e. The number of ketones is 1. The van der Waals surface area contributed by atoms with Crippen LogP contribution in [0.25, 0.3) is 0 Å². The Kier molecular flexibility index (Phi) is 5.27. The van der Waals surface area contributed by atoms with Crippen LogP contribution in [0.1, 0.15) is 26.7 Å². The third-order valence-electron chi connectivity index (χ3n) is 3.02. The van der Waals surface area contributed by atoms with Crippen LogP contribution in [0.3, 0.4) is 0 Å². The molecule has 102 valence electrons. The zero-order valence-corrected chi connectivity index (χ0v) is 11.1. The molecule has 0 spiro atoms. The Morgan fingerprint density at radius 2 is 2.11 bits per heavy atom. The van der Waals surface area contributed by atoms with Crippen molar-refractivity contribution in [1.29, 1.82) is 0 Å². The van der Waals surface area contributed by atoms with Gasteiger partial charge in [0.25, 0.3) is 5.91 Å². The zero-order chi connectivity index (χ0) is 13.7. The average Bonchev–Trinajstić information content (AvgIpc) is 2.36. The lowest BCUT2D eigenvalue weighted by Gasteiger charge is -2.38. The Morgan fingerprint density at radius 3 is 2.61 bits per heavy atom. The van der Waals surface area contributed by atoms with Crippen LogP contribution in [-0.2, 0) is 19.1 Å². The van der Waals surface area contributed by atoms with E-state index in [0.717, 1.165) is 13.0 Å². The molecule has 18 heavy (non-hydrogen) atoms. The first-order valence-electron chi connectivity index (χ1n) is 6.23. The number of hydrazine groups is 1. The van der Waals surface area contributed by atoms with Crippen LogP contribution < -0.4 is 0 Å². The highest BCUT2D eigenvalue weighted by atomic mass is 16.5. The van der Waals surface area contributed by atoms with Crippen LogP contribution in [0.5, 0.6) is 0 Å². The number of methoxy groups -OCH3 is 1. The third kappa shape index (κ3) is 2.87. The van der Waals surface area contributed by atoms with Crippen molar-refractivity contribution in [3.63, 3.8) is 0 Å². The van der Waals surface area contributed by atoms with Crippen LogP contribution >= 0.6 is 0 Å². The fraction of sp³-hybridized carbons (Fsp3) is 0.750. The summed E-state index contributed by atoms with van der Waals surface area (Å²) in [6.45, 7) is 5.69. The van der Waals surface area contributed by atoms with Crippen LogP contribution in [0.4, 0.5) is 0 Å². The minimum absolute atomic E-state index is 0.200. The number of nitrogens with zero attached hydrogens (tertiary/aromatic N) is 2. The minimum Gasteiger partial charge on any atom is -0.468 e. The molecule has 1 fully saturated rings. The lowest BCUT2D eigenvalue weighted by atomic mass is 9.96. The lowest BCUT2D eigenvalue weighted by Crippen LogP contribution is -2.56. The molecule has 0 aromatic heterocycles. The second-order valence-electron chi connectivity index (χ2n) is 4.18. The van der Waals surface area contributed by atoms with Gasteiger partial charge in [0.1, 0.15) is 0 Å². The molecule has 0 radical (unpaired) electrons. The predicted octanol–water partition coefficient (Wildman–Crippen LogP) is 0.224. The van der Waals surface area contributed by atoms with Gasteiger partial charge < -0.3 is 4.74 Å². The van der Waals surface area contributed by atoms with Crippen LogP contribution in [-0.4, -0.2) is 54.4 Å². The van der Waals surface area contributed by atoms with Gasteiger partial charge in [-0.3, -0.25) is 19.4 Å². The molecule has 6 heteroatoms. The maximum absolute atomic E-state index is 12.2.